The van der Waals surface area contributed by atoms with E-state index in [4.69, 9.17) is 0 Å². The monoisotopic (exact) mass is 249 g/mol. The van der Waals surface area contributed by atoms with Crippen molar-refractivity contribution in [3.05, 3.63) is 6.33 Å². The molecule has 1 aliphatic carbocycles. The number of imidazole rings is 1. The maximum atomic E-state index is 4.52. The number of aromatic nitrogens is 4. The lowest BCUT2D eigenvalue weighted by molar-refractivity contribution is 0.886. The van der Waals surface area contributed by atoms with E-state index in [-0.39, 0.29) is 0 Å². The SMILES string of the molecule is CNc1nc(SC2CCCC2)c2[nH]cnc2n1. The van der Waals surface area contributed by atoms with E-state index in [1.165, 1.54) is 25.7 Å². The number of fused-ring (bicyclic) bond motifs is 1. The van der Waals surface area contributed by atoms with Crippen LogP contribution in [0.2, 0.25) is 0 Å². The zero-order chi connectivity index (χ0) is 11.7. The summed E-state index contributed by atoms with van der Waals surface area (Å²) in [4.78, 5) is 16.2. The molecule has 0 radical (unpaired) electrons. The van der Waals surface area contributed by atoms with Crippen LogP contribution in [0.1, 0.15) is 25.7 Å². The number of rotatable bonds is 3. The molecule has 0 saturated heterocycles. The molecule has 1 aliphatic rings. The summed E-state index contributed by atoms with van der Waals surface area (Å²) in [5, 5.41) is 4.70. The quantitative estimate of drug-likeness (QED) is 0.818. The molecule has 6 heteroatoms. The normalized spacial score (nSPS) is 16.8. The summed E-state index contributed by atoms with van der Waals surface area (Å²) < 4.78 is 0. The minimum Gasteiger partial charge on any atom is -0.357 e. The molecular formula is C11H15N5S. The number of thioether (sulfide) groups is 1. The molecule has 2 N–H and O–H groups in total. The van der Waals surface area contributed by atoms with E-state index in [1.807, 2.05) is 18.8 Å². The Morgan fingerprint density at radius 2 is 2.18 bits per heavy atom. The average molecular weight is 249 g/mol. The van der Waals surface area contributed by atoms with Crippen molar-refractivity contribution in [1.29, 1.82) is 0 Å². The Labute approximate surface area is 104 Å². The van der Waals surface area contributed by atoms with Crippen LogP contribution in [0, 0.1) is 0 Å². The van der Waals surface area contributed by atoms with Gasteiger partial charge in [0.25, 0.3) is 0 Å². The molecule has 17 heavy (non-hydrogen) atoms. The molecule has 0 aliphatic heterocycles. The molecule has 1 fully saturated rings. The van der Waals surface area contributed by atoms with Crippen molar-refractivity contribution in [3.8, 4) is 0 Å². The van der Waals surface area contributed by atoms with Gasteiger partial charge in [-0.15, -0.1) is 11.8 Å². The highest BCUT2D eigenvalue weighted by molar-refractivity contribution is 8.00. The summed E-state index contributed by atoms with van der Waals surface area (Å²) in [6, 6.07) is 0. The lowest BCUT2D eigenvalue weighted by Gasteiger charge is -2.09. The van der Waals surface area contributed by atoms with Crippen molar-refractivity contribution >= 4 is 28.9 Å². The van der Waals surface area contributed by atoms with E-state index in [0.717, 1.165) is 16.2 Å². The molecule has 0 bridgehead atoms. The van der Waals surface area contributed by atoms with Crippen molar-refractivity contribution in [2.24, 2.45) is 0 Å². The van der Waals surface area contributed by atoms with Gasteiger partial charge in [0.15, 0.2) is 5.65 Å². The van der Waals surface area contributed by atoms with Gasteiger partial charge in [-0.1, -0.05) is 12.8 Å². The van der Waals surface area contributed by atoms with Gasteiger partial charge >= 0.3 is 0 Å². The van der Waals surface area contributed by atoms with Crippen molar-refractivity contribution in [3.63, 3.8) is 0 Å². The fourth-order valence-corrected chi connectivity index (χ4v) is 3.46. The third-order valence-corrected chi connectivity index (χ3v) is 4.38. The number of aromatic amines is 1. The zero-order valence-corrected chi connectivity index (χ0v) is 10.5. The van der Waals surface area contributed by atoms with E-state index in [1.54, 1.807) is 6.33 Å². The van der Waals surface area contributed by atoms with E-state index in [0.29, 0.717) is 11.2 Å². The first-order valence-electron chi connectivity index (χ1n) is 5.92. The number of nitrogens with one attached hydrogen (secondary N) is 2. The molecule has 3 rings (SSSR count). The molecule has 0 spiro atoms. The van der Waals surface area contributed by atoms with Crippen LogP contribution in [0.25, 0.3) is 11.2 Å². The standard InChI is InChI=1S/C11H15N5S/c1-12-11-15-9-8(13-6-14-9)10(16-11)17-7-4-2-3-5-7/h6-7H,2-5H2,1H3,(H2,12,13,14,15,16). The first-order valence-corrected chi connectivity index (χ1v) is 6.80. The Hall–Kier alpha value is -1.30. The lowest BCUT2D eigenvalue weighted by atomic mass is 10.4. The van der Waals surface area contributed by atoms with Crippen molar-refractivity contribution in [2.75, 3.05) is 12.4 Å². The van der Waals surface area contributed by atoms with Crippen LogP contribution in [0.5, 0.6) is 0 Å². The molecule has 5 nitrogen and oxygen atoms in total. The molecule has 0 atom stereocenters. The Morgan fingerprint density at radius 3 is 2.94 bits per heavy atom. The molecular weight excluding hydrogens is 234 g/mol. The third kappa shape index (κ3) is 2.09. The number of hydrogen-bond acceptors (Lipinski definition) is 5. The van der Waals surface area contributed by atoms with Crippen molar-refractivity contribution in [1.82, 2.24) is 19.9 Å². The van der Waals surface area contributed by atoms with Gasteiger partial charge in [-0.25, -0.2) is 9.97 Å². The highest BCUT2D eigenvalue weighted by Gasteiger charge is 2.19. The van der Waals surface area contributed by atoms with Crippen LogP contribution in [-0.4, -0.2) is 32.2 Å². The minimum atomic E-state index is 0.644. The summed E-state index contributed by atoms with van der Waals surface area (Å²) in [5.74, 6) is 0.644. The fourth-order valence-electron chi connectivity index (χ4n) is 2.17. The molecule has 0 aromatic carbocycles. The zero-order valence-electron chi connectivity index (χ0n) is 9.73. The van der Waals surface area contributed by atoms with E-state index in [9.17, 15) is 0 Å². The Bertz CT molecular complexity index is 518. The Morgan fingerprint density at radius 1 is 1.35 bits per heavy atom. The topological polar surface area (TPSA) is 66.5 Å². The Balaban J connectivity index is 1.97. The van der Waals surface area contributed by atoms with E-state index < -0.39 is 0 Å². The average Bonchev–Trinajstić information content (AvgIpc) is 2.98. The van der Waals surface area contributed by atoms with Crippen LogP contribution in [0.15, 0.2) is 11.4 Å². The first kappa shape index (κ1) is 10.8. The van der Waals surface area contributed by atoms with Gasteiger partial charge in [-0.05, 0) is 12.8 Å². The second-order valence-electron chi connectivity index (χ2n) is 4.23. The van der Waals surface area contributed by atoms with Crippen LogP contribution >= 0.6 is 11.8 Å². The van der Waals surface area contributed by atoms with Gasteiger partial charge in [-0.3, -0.25) is 0 Å². The van der Waals surface area contributed by atoms with Gasteiger partial charge in [-0.2, -0.15) is 4.98 Å². The number of anilines is 1. The summed E-state index contributed by atoms with van der Waals surface area (Å²) in [6.45, 7) is 0. The smallest absolute Gasteiger partial charge is 0.225 e. The molecule has 2 aromatic heterocycles. The summed E-state index contributed by atoms with van der Waals surface area (Å²) >= 11 is 1.85. The summed E-state index contributed by atoms with van der Waals surface area (Å²) in [5.41, 5.74) is 1.70. The van der Waals surface area contributed by atoms with Crippen molar-refractivity contribution in [2.45, 2.75) is 36.0 Å². The van der Waals surface area contributed by atoms with E-state index in [2.05, 4.69) is 25.3 Å². The van der Waals surface area contributed by atoms with Gasteiger partial charge in [0.2, 0.25) is 5.95 Å². The molecule has 2 aromatic rings. The van der Waals surface area contributed by atoms with Crippen LogP contribution < -0.4 is 5.32 Å². The number of hydrogen-bond donors (Lipinski definition) is 2. The van der Waals surface area contributed by atoms with Gasteiger partial charge < -0.3 is 10.3 Å². The summed E-state index contributed by atoms with van der Waals surface area (Å²) in [6.07, 6.45) is 6.94. The molecule has 1 saturated carbocycles. The first-order chi connectivity index (χ1) is 8.36. The molecule has 0 unspecified atom stereocenters. The van der Waals surface area contributed by atoms with Gasteiger partial charge in [0.05, 0.1) is 6.33 Å². The van der Waals surface area contributed by atoms with Gasteiger partial charge in [0, 0.05) is 12.3 Å². The predicted octanol–water partition coefficient (Wildman–Crippen LogP) is 2.43. The second kappa shape index (κ2) is 4.52. The van der Waals surface area contributed by atoms with Crippen LogP contribution in [-0.2, 0) is 0 Å². The number of nitrogens with zero attached hydrogens (tertiary/aromatic N) is 3. The minimum absolute atomic E-state index is 0.644. The fraction of sp³-hybridized carbons (Fsp3) is 0.545. The molecule has 90 valence electrons. The second-order valence-corrected chi connectivity index (χ2v) is 5.52. The maximum Gasteiger partial charge on any atom is 0.225 e. The van der Waals surface area contributed by atoms with Crippen LogP contribution in [0.3, 0.4) is 0 Å². The van der Waals surface area contributed by atoms with Crippen LogP contribution in [0.4, 0.5) is 5.95 Å². The predicted molar refractivity (Wildman–Crippen MR) is 69.3 cm³/mol. The summed E-state index contributed by atoms with van der Waals surface area (Å²) in [7, 11) is 1.83. The van der Waals surface area contributed by atoms with Gasteiger partial charge in [0.1, 0.15) is 10.5 Å². The maximum absolute atomic E-state index is 4.52. The van der Waals surface area contributed by atoms with E-state index >= 15 is 0 Å². The third-order valence-electron chi connectivity index (χ3n) is 3.06. The Kier molecular flexibility index (Phi) is 2.88. The molecule has 2 heterocycles. The lowest BCUT2D eigenvalue weighted by Crippen LogP contribution is -2.01. The largest absolute Gasteiger partial charge is 0.357 e. The highest BCUT2D eigenvalue weighted by atomic mass is 32.2. The van der Waals surface area contributed by atoms with Crippen molar-refractivity contribution < 1.29 is 0 Å². The molecule has 0 amide bonds. The highest BCUT2D eigenvalue weighted by Crippen LogP contribution is 2.36. The number of H-pyrrole nitrogens is 1.